The first kappa shape index (κ1) is 16.3. The number of hydrogen-bond donors (Lipinski definition) is 1. The Kier molecular flexibility index (Phi) is 3.73. The third kappa shape index (κ3) is 2.82. The molecule has 26 heavy (non-hydrogen) atoms. The average molecular weight is 365 g/mol. The summed E-state index contributed by atoms with van der Waals surface area (Å²) < 4.78 is 25.0. The van der Waals surface area contributed by atoms with Gasteiger partial charge in [-0.1, -0.05) is 12.1 Å². The first-order valence-electron chi connectivity index (χ1n) is 7.87. The molecule has 2 aromatic carbocycles. The number of nitrogens with zero attached hydrogens (tertiary/aromatic N) is 3. The van der Waals surface area contributed by atoms with E-state index in [-0.39, 0.29) is 10.6 Å². The van der Waals surface area contributed by atoms with Gasteiger partial charge in [-0.3, -0.25) is 0 Å². The van der Waals surface area contributed by atoms with Crippen LogP contribution in [-0.2, 0) is 9.84 Å². The molecule has 0 atom stereocenters. The highest BCUT2D eigenvalue weighted by Crippen LogP contribution is 2.35. The Hall–Kier alpha value is -3.19. The normalized spacial score (nSPS) is 11.7. The molecule has 0 saturated carbocycles. The standard InChI is InChI=1S/C19H15N3O3S/c1-26(24,25)16-10-6-13(7-11-16)18-17-3-2-12-20-22(17)21-19(18)14-4-8-15(23)9-5-14/h2-12,23H,1H3. The van der Waals surface area contributed by atoms with Crippen molar-refractivity contribution in [1.82, 2.24) is 14.8 Å². The predicted octanol–water partition coefficient (Wildman–Crippen LogP) is 3.17. The van der Waals surface area contributed by atoms with Gasteiger partial charge in [0, 0.05) is 23.6 Å². The molecular weight excluding hydrogens is 350 g/mol. The Morgan fingerprint density at radius 3 is 2.23 bits per heavy atom. The van der Waals surface area contributed by atoms with Crippen molar-refractivity contribution in [1.29, 1.82) is 0 Å². The maximum Gasteiger partial charge on any atom is 0.175 e. The van der Waals surface area contributed by atoms with Crippen LogP contribution in [0.5, 0.6) is 5.75 Å². The highest BCUT2D eigenvalue weighted by Gasteiger charge is 2.17. The zero-order chi connectivity index (χ0) is 18.3. The van der Waals surface area contributed by atoms with Crippen LogP contribution in [0.4, 0.5) is 0 Å². The molecular formula is C19H15N3O3S. The molecule has 0 bridgehead atoms. The van der Waals surface area contributed by atoms with Gasteiger partial charge in [-0.05, 0) is 54.1 Å². The van der Waals surface area contributed by atoms with E-state index in [0.717, 1.165) is 22.2 Å². The van der Waals surface area contributed by atoms with Crippen LogP contribution in [0.15, 0.2) is 71.8 Å². The van der Waals surface area contributed by atoms with Crippen molar-refractivity contribution in [3.8, 4) is 28.1 Å². The zero-order valence-electron chi connectivity index (χ0n) is 13.9. The molecule has 0 amide bonds. The zero-order valence-corrected chi connectivity index (χ0v) is 14.7. The molecule has 4 aromatic rings. The Bertz CT molecular complexity index is 1200. The summed E-state index contributed by atoms with van der Waals surface area (Å²) >= 11 is 0. The molecule has 0 spiro atoms. The molecule has 130 valence electrons. The minimum absolute atomic E-state index is 0.176. The third-order valence-electron chi connectivity index (χ3n) is 4.13. The van der Waals surface area contributed by atoms with E-state index >= 15 is 0 Å². The molecule has 0 aliphatic carbocycles. The summed E-state index contributed by atoms with van der Waals surface area (Å²) in [5.74, 6) is 0.176. The summed E-state index contributed by atoms with van der Waals surface area (Å²) in [5, 5.41) is 18.4. The summed E-state index contributed by atoms with van der Waals surface area (Å²) in [6, 6.07) is 17.2. The molecule has 0 saturated heterocycles. The van der Waals surface area contributed by atoms with Crippen molar-refractivity contribution < 1.29 is 13.5 Å². The second-order valence-electron chi connectivity index (χ2n) is 5.97. The highest BCUT2D eigenvalue weighted by atomic mass is 32.2. The second kappa shape index (κ2) is 5.96. The number of benzene rings is 2. The molecule has 0 aliphatic heterocycles. The van der Waals surface area contributed by atoms with Crippen LogP contribution in [0, 0.1) is 0 Å². The van der Waals surface area contributed by atoms with Gasteiger partial charge >= 0.3 is 0 Å². The lowest BCUT2D eigenvalue weighted by molar-refractivity contribution is 0.475. The molecule has 1 N–H and O–H groups in total. The summed E-state index contributed by atoms with van der Waals surface area (Å²) in [7, 11) is -3.26. The van der Waals surface area contributed by atoms with Crippen LogP contribution in [-0.4, -0.2) is 34.6 Å². The fourth-order valence-corrected chi connectivity index (χ4v) is 3.50. The van der Waals surface area contributed by atoms with E-state index < -0.39 is 9.84 Å². The molecule has 0 aliphatic rings. The Balaban J connectivity index is 1.96. The van der Waals surface area contributed by atoms with Crippen molar-refractivity contribution in [3.05, 3.63) is 66.9 Å². The van der Waals surface area contributed by atoms with Crippen molar-refractivity contribution in [2.45, 2.75) is 4.90 Å². The van der Waals surface area contributed by atoms with Crippen LogP contribution in [0.1, 0.15) is 0 Å². The van der Waals surface area contributed by atoms with Crippen molar-refractivity contribution in [2.75, 3.05) is 6.26 Å². The number of hydrogen-bond acceptors (Lipinski definition) is 5. The minimum atomic E-state index is -3.26. The van der Waals surface area contributed by atoms with Gasteiger partial charge < -0.3 is 5.11 Å². The lowest BCUT2D eigenvalue weighted by Gasteiger charge is -2.05. The van der Waals surface area contributed by atoms with Gasteiger partial charge in [0.15, 0.2) is 9.84 Å². The first-order valence-corrected chi connectivity index (χ1v) is 9.76. The van der Waals surface area contributed by atoms with Crippen LogP contribution >= 0.6 is 0 Å². The van der Waals surface area contributed by atoms with E-state index in [1.54, 1.807) is 59.4 Å². The summed E-state index contributed by atoms with van der Waals surface area (Å²) in [6.45, 7) is 0. The molecule has 0 radical (unpaired) electrons. The van der Waals surface area contributed by atoms with E-state index in [4.69, 9.17) is 0 Å². The monoisotopic (exact) mass is 365 g/mol. The fraction of sp³-hybridized carbons (Fsp3) is 0.0526. The average Bonchev–Trinajstić information content (AvgIpc) is 3.01. The van der Waals surface area contributed by atoms with E-state index in [1.807, 2.05) is 12.1 Å². The van der Waals surface area contributed by atoms with Crippen molar-refractivity contribution in [3.63, 3.8) is 0 Å². The molecule has 2 heterocycles. The molecule has 7 heteroatoms. The first-order chi connectivity index (χ1) is 12.4. The van der Waals surface area contributed by atoms with Gasteiger partial charge in [0.2, 0.25) is 0 Å². The smallest absolute Gasteiger partial charge is 0.175 e. The van der Waals surface area contributed by atoms with Gasteiger partial charge in [-0.25, -0.2) is 8.42 Å². The lowest BCUT2D eigenvalue weighted by Crippen LogP contribution is -1.96. The quantitative estimate of drug-likeness (QED) is 0.603. The second-order valence-corrected chi connectivity index (χ2v) is 7.98. The van der Waals surface area contributed by atoms with Crippen molar-refractivity contribution >= 4 is 15.4 Å². The predicted molar refractivity (Wildman–Crippen MR) is 98.6 cm³/mol. The minimum Gasteiger partial charge on any atom is -0.508 e. The lowest BCUT2D eigenvalue weighted by atomic mass is 10.00. The Morgan fingerprint density at radius 1 is 0.923 bits per heavy atom. The van der Waals surface area contributed by atoms with Gasteiger partial charge in [0.05, 0.1) is 10.4 Å². The maximum atomic E-state index is 11.7. The van der Waals surface area contributed by atoms with E-state index in [2.05, 4.69) is 10.2 Å². The van der Waals surface area contributed by atoms with Crippen LogP contribution in [0.25, 0.3) is 27.9 Å². The summed E-state index contributed by atoms with van der Waals surface area (Å²) in [6.07, 6.45) is 2.83. The molecule has 0 unspecified atom stereocenters. The largest absolute Gasteiger partial charge is 0.508 e. The van der Waals surface area contributed by atoms with Gasteiger partial charge in [0.25, 0.3) is 0 Å². The van der Waals surface area contributed by atoms with Crippen LogP contribution in [0.3, 0.4) is 0 Å². The van der Waals surface area contributed by atoms with Gasteiger partial charge in [-0.15, -0.1) is 5.10 Å². The van der Waals surface area contributed by atoms with Gasteiger partial charge in [0.1, 0.15) is 11.4 Å². The molecule has 2 aromatic heterocycles. The molecule has 6 nitrogen and oxygen atoms in total. The summed E-state index contributed by atoms with van der Waals surface area (Å²) in [5.41, 5.74) is 4.03. The number of rotatable bonds is 3. The third-order valence-corrected chi connectivity index (χ3v) is 5.26. The SMILES string of the molecule is CS(=O)(=O)c1ccc(-c2c(-c3ccc(O)cc3)nn3ncccc23)cc1. The molecule has 0 fully saturated rings. The van der Waals surface area contributed by atoms with E-state index in [1.165, 1.54) is 6.26 Å². The van der Waals surface area contributed by atoms with E-state index in [0.29, 0.717) is 5.69 Å². The Morgan fingerprint density at radius 2 is 1.58 bits per heavy atom. The number of aromatic nitrogens is 3. The topological polar surface area (TPSA) is 84.6 Å². The maximum absolute atomic E-state index is 11.7. The fourth-order valence-electron chi connectivity index (χ4n) is 2.87. The summed E-state index contributed by atoms with van der Waals surface area (Å²) in [4.78, 5) is 0.266. The van der Waals surface area contributed by atoms with Crippen molar-refractivity contribution in [2.24, 2.45) is 0 Å². The van der Waals surface area contributed by atoms with Crippen LogP contribution in [0.2, 0.25) is 0 Å². The Labute approximate surface area is 150 Å². The number of phenols is 1. The molecule has 4 rings (SSSR count). The highest BCUT2D eigenvalue weighted by molar-refractivity contribution is 7.90. The van der Waals surface area contributed by atoms with Crippen LogP contribution < -0.4 is 0 Å². The van der Waals surface area contributed by atoms with Gasteiger partial charge in [-0.2, -0.15) is 9.73 Å². The van der Waals surface area contributed by atoms with E-state index in [9.17, 15) is 13.5 Å². The number of fused-ring (bicyclic) bond motifs is 1. The number of aromatic hydroxyl groups is 1. The number of phenolic OH excluding ortho intramolecular Hbond substituents is 1. The number of sulfone groups is 1.